The van der Waals surface area contributed by atoms with Crippen LogP contribution in [0, 0.1) is 11.6 Å². The highest BCUT2D eigenvalue weighted by atomic mass is 32.2. The number of carbonyl (C=O) groups is 2. The number of thioether (sulfide) groups is 1. The van der Waals surface area contributed by atoms with Crippen LogP contribution in [-0.2, 0) is 16.0 Å². The van der Waals surface area contributed by atoms with E-state index in [1.54, 1.807) is 6.92 Å². The molecule has 0 unspecified atom stereocenters. The normalized spacial score (nSPS) is 17.1. The highest BCUT2D eigenvalue weighted by Gasteiger charge is 2.42. The molecule has 36 heavy (non-hydrogen) atoms. The number of nitrogens with zero attached hydrogens (tertiary/aromatic N) is 3. The smallest absolute Gasteiger partial charge is 0.259 e. The number of halogens is 2. The van der Waals surface area contributed by atoms with Gasteiger partial charge in [-0.05, 0) is 36.2 Å². The Morgan fingerprint density at radius 1 is 1.08 bits per heavy atom. The summed E-state index contributed by atoms with van der Waals surface area (Å²) < 4.78 is 27.7. The average Bonchev–Trinajstić information content (AvgIpc) is 3.21. The summed E-state index contributed by atoms with van der Waals surface area (Å²) in [4.78, 5) is 37.4. The molecule has 2 amide bonds. The summed E-state index contributed by atoms with van der Waals surface area (Å²) in [5.41, 5.74) is 2.14. The Balaban J connectivity index is 1.43. The highest BCUT2D eigenvalue weighted by molar-refractivity contribution is 8.15. The van der Waals surface area contributed by atoms with Gasteiger partial charge in [0.15, 0.2) is 5.17 Å². The van der Waals surface area contributed by atoms with Gasteiger partial charge >= 0.3 is 0 Å². The predicted octanol–water partition coefficient (Wildman–Crippen LogP) is 5.32. The standard InChI is InChI=1S/C27H22F2N4O2S/c1-2-23(25(34)31-21-15-17(28)12-13-19(21)29)36-27-32-20-11-7-6-10-18(20)24-30-22(26(35)33(24)27)14-16-8-4-3-5-9-16/h3-13,15,22-23H,2,14H2,1H3,(H,31,34)/t22-,23+/m1/s1. The second kappa shape index (κ2) is 10.0. The number of aliphatic imine (C=N–C) groups is 2. The molecule has 2 atom stereocenters. The number of hydrogen-bond donors (Lipinski definition) is 1. The van der Waals surface area contributed by atoms with Crippen LogP contribution in [0.1, 0.15) is 24.5 Å². The van der Waals surface area contributed by atoms with Crippen LogP contribution in [0.3, 0.4) is 0 Å². The van der Waals surface area contributed by atoms with Crippen LogP contribution < -0.4 is 5.32 Å². The summed E-state index contributed by atoms with van der Waals surface area (Å²) in [6.07, 6.45) is 0.812. The lowest BCUT2D eigenvalue weighted by molar-refractivity contribution is -0.124. The lowest BCUT2D eigenvalue weighted by atomic mass is 10.1. The molecule has 2 aliphatic heterocycles. The molecule has 0 spiro atoms. The molecular formula is C27H22F2N4O2S. The minimum Gasteiger partial charge on any atom is -0.323 e. The van der Waals surface area contributed by atoms with Crippen molar-refractivity contribution in [2.45, 2.75) is 31.1 Å². The molecule has 0 fully saturated rings. The van der Waals surface area contributed by atoms with Crippen LogP contribution >= 0.6 is 11.8 Å². The first kappa shape index (κ1) is 23.9. The first-order chi connectivity index (χ1) is 17.4. The third-order valence-corrected chi connectivity index (χ3v) is 7.23. The summed E-state index contributed by atoms with van der Waals surface area (Å²) in [6, 6.07) is 19.3. The van der Waals surface area contributed by atoms with Crippen LogP contribution in [0.25, 0.3) is 0 Å². The summed E-state index contributed by atoms with van der Waals surface area (Å²) in [5.74, 6) is -1.63. The van der Waals surface area contributed by atoms with Crippen molar-refractivity contribution in [1.82, 2.24) is 4.90 Å². The van der Waals surface area contributed by atoms with Crippen LogP contribution in [-0.4, -0.2) is 39.0 Å². The molecule has 1 N–H and O–H groups in total. The lowest BCUT2D eigenvalue weighted by Crippen LogP contribution is -2.42. The molecule has 2 aliphatic rings. The van der Waals surface area contributed by atoms with E-state index < -0.39 is 28.8 Å². The van der Waals surface area contributed by atoms with E-state index in [0.717, 1.165) is 41.1 Å². The van der Waals surface area contributed by atoms with Gasteiger partial charge in [-0.1, -0.05) is 61.2 Å². The Morgan fingerprint density at radius 2 is 1.83 bits per heavy atom. The molecule has 0 saturated heterocycles. The van der Waals surface area contributed by atoms with Gasteiger partial charge in [-0.3, -0.25) is 14.6 Å². The van der Waals surface area contributed by atoms with E-state index in [-0.39, 0.29) is 11.6 Å². The van der Waals surface area contributed by atoms with E-state index in [9.17, 15) is 18.4 Å². The van der Waals surface area contributed by atoms with E-state index in [1.165, 1.54) is 4.90 Å². The van der Waals surface area contributed by atoms with Crippen molar-refractivity contribution in [3.8, 4) is 0 Å². The number of amides is 2. The molecule has 0 aliphatic carbocycles. The first-order valence-electron chi connectivity index (χ1n) is 11.5. The van der Waals surface area contributed by atoms with Crippen LogP contribution in [0.15, 0.2) is 82.8 Å². The van der Waals surface area contributed by atoms with E-state index >= 15 is 0 Å². The molecule has 0 saturated carbocycles. The maximum atomic E-state index is 14.1. The SMILES string of the molecule is CC[C@H](SC1=Nc2ccccc2C2=N[C@H](Cc3ccccc3)C(=O)N12)C(=O)Nc1cc(F)ccc1F. The zero-order valence-corrected chi connectivity index (χ0v) is 20.1. The van der Waals surface area contributed by atoms with Gasteiger partial charge in [0.2, 0.25) is 5.91 Å². The summed E-state index contributed by atoms with van der Waals surface area (Å²) >= 11 is 1.10. The summed E-state index contributed by atoms with van der Waals surface area (Å²) in [6.45, 7) is 1.80. The minimum absolute atomic E-state index is 0.221. The van der Waals surface area contributed by atoms with Crippen LogP contribution in [0.4, 0.5) is 20.2 Å². The maximum absolute atomic E-state index is 14.1. The van der Waals surface area contributed by atoms with E-state index in [4.69, 9.17) is 4.99 Å². The van der Waals surface area contributed by atoms with Gasteiger partial charge in [-0.15, -0.1) is 0 Å². The first-order valence-corrected chi connectivity index (χ1v) is 12.4. The van der Waals surface area contributed by atoms with Crippen molar-refractivity contribution in [2.75, 3.05) is 5.32 Å². The molecule has 2 heterocycles. The molecule has 182 valence electrons. The number of rotatable bonds is 6. The van der Waals surface area contributed by atoms with E-state index in [1.807, 2.05) is 54.6 Å². The molecule has 0 bridgehead atoms. The number of hydrogen-bond acceptors (Lipinski definition) is 5. The van der Waals surface area contributed by atoms with Gasteiger partial charge < -0.3 is 5.32 Å². The number of anilines is 1. The van der Waals surface area contributed by atoms with Crippen molar-refractivity contribution in [3.63, 3.8) is 0 Å². The molecule has 3 aromatic rings. The zero-order valence-electron chi connectivity index (χ0n) is 19.3. The molecule has 3 aromatic carbocycles. The van der Waals surface area contributed by atoms with E-state index in [0.29, 0.717) is 29.5 Å². The number of benzene rings is 3. The number of fused-ring (bicyclic) bond motifs is 3. The van der Waals surface area contributed by atoms with Gasteiger partial charge in [0, 0.05) is 18.1 Å². The van der Waals surface area contributed by atoms with Gasteiger partial charge in [-0.2, -0.15) is 0 Å². The number of amidine groups is 2. The quantitative estimate of drug-likeness (QED) is 0.494. The van der Waals surface area contributed by atoms with Gasteiger partial charge in [0.1, 0.15) is 23.5 Å². The van der Waals surface area contributed by atoms with Crippen molar-refractivity contribution in [2.24, 2.45) is 9.98 Å². The largest absolute Gasteiger partial charge is 0.323 e. The Bertz CT molecular complexity index is 1390. The molecule has 9 heteroatoms. The van der Waals surface area contributed by atoms with Crippen molar-refractivity contribution in [3.05, 3.63) is 95.6 Å². The molecule has 0 aromatic heterocycles. The molecule has 0 radical (unpaired) electrons. The number of para-hydroxylation sites is 1. The van der Waals surface area contributed by atoms with Crippen LogP contribution in [0.5, 0.6) is 0 Å². The third kappa shape index (κ3) is 4.66. The topological polar surface area (TPSA) is 74.1 Å². The van der Waals surface area contributed by atoms with Gasteiger partial charge in [-0.25, -0.2) is 18.7 Å². The fourth-order valence-corrected chi connectivity index (χ4v) is 5.13. The summed E-state index contributed by atoms with van der Waals surface area (Å²) in [5, 5.41) is 2.08. The fraction of sp³-hybridized carbons (Fsp3) is 0.185. The molecule has 5 rings (SSSR count). The maximum Gasteiger partial charge on any atom is 0.259 e. The second-order valence-corrected chi connectivity index (χ2v) is 9.54. The average molecular weight is 505 g/mol. The van der Waals surface area contributed by atoms with Gasteiger partial charge in [0.05, 0.1) is 16.6 Å². The Morgan fingerprint density at radius 3 is 2.61 bits per heavy atom. The van der Waals surface area contributed by atoms with Crippen molar-refractivity contribution >= 4 is 46.0 Å². The van der Waals surface area contributed by atoms with Gasteiger partial charge in [0.25, 0.3) is 5.91 Å². The lowest BCUT2D eigenvalue weighted by Gasteiger charge is -2.27. The number of nitrogens with one attached hydrogen (secondary N) is 1. The highest BCUT2D eigenvalue weighted by Crippen LogP contribution is 2.36. The minimum atomic E-state index is -0.735. The van der Waals surface area contributed by atoms with Crippen LogP contribution in [0.2, 0.25) is 0 Å². The Kier molecular flexibility index (Phi) is 6.65. The fourth-order valence-electron chi connectivity index (χ4n) is 4.11. The molecular weight excluding hydrogens is 482 g/mol. The monoisotopic (exact) mass is 504 g/mol. The molecule has 6 nitrogen and oxygen atoms in total. The summed E-state index contributed by atoms with van der Waals surface area (Å²) in [7, 11) is 0. The number of carbonyl (C=O) groups excluding carboxylic acids is 2. The Hall–Kier alpha value is -3.85. The van der Waals surface area contributed by atoms with E-state index in [2.05, 4.69) is 10.3 Å². The van der Waals surface area contributed by atoms with Crippen molar-refractivity contribution < 1.29 is 18.4 Å². The second-order valence-electron chi connectivity index (χ2n) is 8.37. The third-order valence-electron chi connectivity index (χ3n) is 5.92. The zero-order chi connectivity index (χ0) is 25.2. The predicted molar refractivity (Wildman–Crippen MR) is 138 cm³/mol. The Labute approximate surface area is 211 Å². The van der Waals surface area contributed by atoms with Crippen molar-refractivity contribution in [1.29, 1.82) is 0 Å².